The van der Waals surface area contributed by atoms with Crippen molar-refractivity contribution in [2.24, 2.45) is 5.14 Å². The highest BCUT2D eigenvalue weighted by molar-refractivity contribution is 7.89. The maximum Gasteiger partial charge on any atom is 0.241 e. The first-order chi connectivity index (χ1) is 9.90. The van der Waals surface area contributed by atoms with Gasteiger partial charge in [0.25, 0.3) is 0 Å². The molecule has 0 amide bonds. The average Bonchev–Trinajstić information content (AvgIpc) is 2.45. The molecule has 0 unspecified atom stereocenters. The molecule has 21 heavy (non-hydrogen) atoms. The maximum atomic E-state index is 11.6. The number of benzene rings is 2. The Bertz CT molecular complexity index is 791. The van der Waals surface area contributed by atoms with Crippen molar-refractivity contribution in [2.45, 2.75) is 18.4 Å². The molecule has 2 N–H and O–H groups in total. The standard InChI is InChI=1S/C15H14N2O3S/c1-11-2-7-14(15(8-11)21(17,18)19)20-10-13-5-3-12(9-16)4-6-13/h2-8H,10H2,1H3,(H2,17,18,19). The minimum atomic E-state index is -3.84. The topological polar surface area (TPSA) is 93.2 Å². The number of nitrogens with zero attached hydrogens (tertiary/aromatic N) is 1. The molecule has 5 nitrogen and oxygen atoms in total. The van der Waals surface area contributed by atoms with Crippen LogP contribution in [0.1, 0.15) is 16.7 Å². The van der Waals surface area contributed by atoms with E-state index in [0.29, 0.717) is 5.56 Å². The fraction of sp³-hybridized carbons (Fsp3) is 0.133. The van der Waals surface area contributed by atoms with Crippen LogP contribution in [-0.4, -0.2) is 8.42 Å². The molecular weight excluding hydrogens is 288 g/mol. The monoisotopic (exact) mass is 302 g/mol. The van der Waals surface area contributed by atoms with Crippen molar-refractivity contribution in [1.82, 2.24) is 0 Å². The third-order valence-electron chi connectivity index (χ3n) is 2.88. The van der Waals surface area contributed by atoms with E-state index in [4.69, 9.17) is 15.1 Å². The van der Waals surface area contributed by atoms with Crippen molar-refractivity contribution < 1.29 is 13.2 Å². The molecule has 2 aromatic rings. The van der Waals surface area contributed by atoms with Gasteiger partial charge in [0.05, 0.1) is 11.6 Å². The maximum absolute atomic E-state index is 11.6. The zero-order chi connectivity index (χ0) is 15.5. The van der Waals surface area contributed by atoms with Crippen molar-refractivity contribution in [1.29, 1.82) is 5.26 Å². The van der Waals surface area contributed by atoms with Gasteiger partial charge in [0, 0.05) is 0 Å². The Balaban J connectivity index is 2.22. The van der Waals surface area contributed by atoms with E-state index in [1.165, 1.54) is 6.07 Å². The molecule has 0 aliphatic rings. The fourth-order valence-corrected chi connectivity index (χ4v) is 2.55. The van der Waals surface area contributed by atoms with Gasteiger partial charge in [0.1, 0.15) is 17.3 Å². The van der Waals surface area contributed by atoms with Crippen molar-refractivity contribution in [3.05, 3.63) is 59.2 Å². The number of sulfonamides is 1. The van der Waals surface area contributed by atoms with Gasteiger partial charge in [-0.05, 0) is 42.3 Å². The number of nitriles is 1. The van der Waals surface area contributed by atoms with Gasteiger partial charge < -0.3 is 4.74 Å². The van der Waals surface area contributed by atoms with Crippen LogP contribution in [0.25, 0.3) is 0 Å². The van der Waals surface area contributed by atoms with Gasteiger partial charge in [-0.3, -0.25) is 0 Å². The minimum Gasteiger partial charge on any atom is -0.487 e. The third-order valence-corrected chi connectivity index (χ3v) is 3.82. The van der Waals surface area contributed by atoms with E-state index >= 15 is 0 Å². The Labute approximate surface area is 123 Å². The molecule has 2 rings (SSSR count). The summed E-state index contributed by atoms with van der Waals surface area (Å²) in [5, 5.41) is 13.9. The van der Waals surface area contributed by atoms with E-state index in [1.807, 2.05) is 6.07 Å². The number of primary sulfonamides is 1. The first-order valence-electron chi connectivity index (χ1n) is 6.15. The highest BCUT2D eigenvalue weighted by Crippen LogP contribution is 2.24. The van der Waals surface area contributed by atoms with Crippen LogP contribution < -0.4 is 9.88 Å². The summed E-state index contributed by atoms with van der Waals surface area (Å²) in [7, 11) is -3.84. The van der Waals surface area contributed by atoms with Gasteiger partial charge >= 0.3 is 0 Å². The molecule has 0 radical (unpaired) electrons. The highest BCUT2D eigenvalue weighted by Gasteiger charge is 2.15. The van der Waals surface area contributed by atoms with Crippen LogP contribution in [0.5, 0.6) is 5.75 Å². The zero-order valence-corrected chi connectivity index (χ0v) is 12.2. The lowest BCUT2D eigenvalue weighted by atomic mass is 10.1. The lowest BCUT2D eigenvalue weighted by Gasteiger charge is -2.11. The number of nitrogens with two attached hydrogens (primary N) is 1. The molecule has 0 aromatic heterocycles. The highest BCUT2D eigenvalue weighted by atomic mass is 32.2. The Kier molecular flexibility index (Phi) is 4.26. The van der Waals surface area contributed by atoms with Gasteiger partial charge in [-0.2, -0.15) is 5.26 Å². The van der Waals surface area contributed by atoms with E-state index in [-0.39, 0.29) is 17.3 Å². The Morgan fingerprint density at radius 3 is 2.43 bits per heavy atom. The number of hydrogen-bond donors (Lipinski definition) is 1. The van der Waals surface area contributed by atoms with Crippen LogP contribution in [0, 0.1) is 18.3 Å². The van der Waals surface area contributed by atoms with E-state index in [1.54, 1.807) is 43.3 Å². The average molecular weight is 302 g/mol. The Hall–Kier alpha value is -2.36. The first-order valence-corrected chi connectivity index (χ1v) is 7.70. The van der Waals surface area contributed by atoms with E-state index in [9.17, 15) is 8.42 Å². The molecule has 0 aliphatic carbocycles. The molecule has 0 fully saturated rings. The van der Waals surface area contributed by atoms with Crippen molar-refractivity contribution in [2.75, 3.05) is 0 Å². The summed E-state index contributed by atoms with van der Waals surface area (Å²) in [6.07, 6.45) is 0. The van der Waals surface area contributed by atoms with Crippen LogP contribution in [0.2, 0.25) is 0 Å². The first kappa shape index (κ1) is 15.0. The number of rotatable bonds is 4. The van der Waals surface area contributed by atoms with Gasteiger partial charge in [-0.15, -0.1) is 0 Å². The summed E-state index contributed by atoms with van der Waals surface area (Å²) < 4.78 is 28.7. The second-order valence-corrected chi connectivity index (χ2v) is 6.12. The molecule has 6 heteroatoms. The second-order valence-electron chi connectivity index (χ2n) is 4.59. The summed E-state index contributed by atoms with van der Waals surface area (Å²) >= 11 is 0. The van der Waals surface area contributed by atoms with Gasteiger partial charge in [0.2, 0.25) is 10.0 Å². The summed E-state index contributed by atoms with van der Waals surface area (Å²) in [5.74, 6) is 0.215. The lowest BCUT2D eigenvalue weighted by Crippen LogP contribution is -2.14. The van der Waals surface area contributed by atoms with Gasteiger partial charge in [0.15, 0.2) is 0 Å². The summed E-state index contributed by atoms with van der Waals surface area (Å²) in [6.45, 7) is 1.97. The lowest BCUT2D eigenvalue weighted by molar-refractivity contribution is 0.298. The number of hydrogen-bond acceptors (Lipinski definition) is 4. The molecule has 0 heterocycles. The fourth-order valence-electron chi connectivity index (χ4n) is 1.79. The normalized spacial score (nSPS) is 10.9. The van der Waals surface area contributed by atoms with Gasteiger partial charge in [-0.25, -0.2) is 13.6 Å². The molecule has 108 valence electrons. The molecule has 0 saturated heterocycles. The largest absolute Gasteiger partial charge is 0.487 e. The smallest absolute Gasteiger partial charge is 0.241 e. The predicted molar refractivity (Wildman–Crippen MR) is 78.0 cm³/mol. The second kappa shape index (κ2) is 5.95. The number of aryl methyl sites for hydroxylation is 1. The minimum absolute atomic E-state index is 0.0313. The molecule has 0 spiro atoms. The molecule has 0 saturated carbocycles. The molecule has 0 atom stereocenters. The summed E-state index contributed by atoms with van der Waals surface area (Å²) in [5.41, 5.74) is 2.17. The van der Waals surface area contributed by atoms with Crippen LogP contribution in [-0.2, 0) is 16.6 Å². The molecular formula is C15H14N2O3S. The predicted octanol–water partition coefficient (Wildman–Crippen LogP) is 2.09. The van der Waals surface area contributed by atoms with Crippen molar-refractivity contribution in [3.63, 3.8) is 0 Å². The van der Waals surface area contributed by atoms with Crippen LogP contribution >= 0.6 is 0 Å². The summed E-state index contributed by atoms with van der Waals surface area (Å²) in [4.78, 5) is -0.0313. The number of ether oxygens (including phenoxy) is 1. The van der Waals surface area contributed by atoms with Crippen molar-refractivity contribution in [3.8, 4) is 11.8 Å². The zero-order valence-electron chi connectivity index (χ0n) is 11.4. The SMILES string of the molecule is Cc1ccc(OCc2ccc(C#N)cc2)c(S(N)(=O)=O)c1. The van der Waals surface area contributed by atoms with E-state index in [0.717, 1.165) is 11.1 Å². The van der Waals surface area contributed by atoms with E-state index in [2.05, 4.69) is 0 Å². The Morgan fingerprint density at radius 2 is 1.86 bits per heavy atom. The van der Waals surface area contributed by atoms with Crippen LogP contribution in [0.15, 0.2) is 47.4 Å². The van der Waals surface area contributed by atoms with Crippen molar-refractivity contribution >= 4 is 10.0 Å². The molecule has 0 bridgehead atoms. The van der Waals surface area contributed by atoms with Gasteiger partial charge in [-0.1, -0.05) is 18.2 Å². The summed E-state index contributed by atoms with van der Waals surface area (Å²) in [6, 6.07) is 13.7. The quantitative estimate of drug-likeness (QED) is 0.935. The molecule has 2 aromatic carbocycles. The van der Waals surface area contributed by atoms with E-state index < -0.39 is 10.0 Å². The molecule has 0 aliphatic heterocycles. The van der Waals surface area contributed by atoms with Crippen LogP contribution in [0.4, 0.5) is 0 Å². The Morgan fingerprint density at radius 1 is 1.19 bits per heavy atom. The van der Waals surface area contributed by atoms with Crippen LogP contribution in [0.3, 0.4) is 0 Å². The third kappa shape index (κ3) is 3.81.